The molecular weight excluding hydrogens is 488 g/mol. The number of nitrogens with zero attached hydrogens (tertiary/aromatic N) is 3. The molecular formula is C29H37ClN4O3. The molecule has 0 atom stereocenters. The van der Waals surface area contributed by atoms with Crippen molar-refractivity contribution in [2.75, 3.05) is 63.9 Å². The molecule has 2 aromatic rings. The lowest BCUT2D eigenvalue weighted by Gasteiger charge is -2.35. The fourth-order valence-electron chi connectivity index (χ4n) is 5.80. The molecule has 8 heteroatoms. The Labute approximate surface area is 224 Å². The van der Waals surface area contributed by atoms with E-state index in [4.69, 9.17) is 16.3 Å². The minimum Gasteiger partial charge on any atom is -0.482 e. The Hall–Kier alpha value is -2.61. The first kappa shape index (κ1) is 26.0. The summed E-state index contributed by atoms with van der Waals surface area (Å²) < 4.78 is 5.57. The zero-order valence-corrected chi connectivity index (χ0v) is 22.2. The smallest absolute Gasteiger partial charge is 0.265 e. The van der Waals surface area contributed by atoms with Gasteiger partial charge < -0.3 is 24.8 Å². The van der Waals surface area contributed by atoms with E-state index in [0.717, 1.165) is 69.1 Å². The molecule has 0 aliphatic carbocycles. The maximum Gasteiger partial charge on any atom is 0.265 e. The largest absolute Gasteiger partial charge is 0.482 e. The molecule has 198 valence electrons. The maximum absolute atomic E-state index is 13.1. The second-order valence-corrected chi connectivity index (χ2v) is 10.7. The number of piperidine rings is 2. The summed E-state index contributed by atoms with van der Waals surface area (Å²) in [5, 5.41) is 3.73. The van der Waals surface area contributed by atoms with Crippen LogP contribution in [0.1, 0.15) is 53.9 Å². The number of nitrogens with one attached hydrogen (secondary N) is 1. The minimum atomic E-state index is -0.0264. The van der Waals surface area contributed by atoms with Gasteiger partial charge in [0.05, 0.1) is 5.69 Å². The number of rotatable bonds is 8. The highest BCUT2D eigenvalue weighted by Gasteiger charge is 2.28. The van der Waals surface area contributed by atoms with Crippen molar-refractivity contribution in [1.29, 1.82) is 0 Å². The van der Waals surface area contributed by atoms with Crippen LogP contribution in [-0.4, -0.2) is 80.6 Å². The van der Waals surface area contributed by atoms with Gasteiger partial charge in [-0.15, -0.1) is 0 Å². The number of para-hydroxylation sites is 2. The lowest BCUT2D eigenvalue weighted by molar-refractivity contribution is -0.121. The average Bonchev–Trinajstić information content (AvgIpc) is 2.93. The van der Waals surface area contributed by atoms with E-state index in [0.29, 0.717) is 29.6 Å². The fourth-order valence-corrected chi connectivity index (χ4v) is 5.97. The van der Waals surface area contributed by atoms with Crippen molar-refractivity contribution < 1.29 is 14.3 Å². The van der Waals surface area contributed by atoms with Crippen LogP contribution in [0.4, 0.5) is 5.69 Å². The molecule has 2 amide bonds. The van der Waals surface area contributed by atoms with Crippen LogP contribution in [0.2, 0.25) is 5.02 Å². The normalized spacial score (nSPS) is 19.4. The van der Waals surface area contributed by atoms with E-state index in [1.807, 2.05) is 47.4 Å². The van der Waals surface area contributed by atoms with Crippen molar-refractivity contribution in [3.05, 3.63) is 58.6 Å². The first-order valence-corrected chi connectivity index (χ1v) is 14.0. The summed E-state index contributed by atoms with van der Waals surface area (Å²) in [5.74, 6) is 1.07. The summed E-state index contributed by atoms with van der Waals surface area (Å²) >= 11 is 6.30. The van der Waals surface area contributed by atoms with Gasteiger partial charge in [0, 0.05) is 36.8 Å². The highest BCUT2D eigenvalue weighted by molar-refractivity contribution is 6.31. The molecule has 7 nitrogen and oxygen atoms in total. The molecule has 2 aromatic carbocycles. The average molecular weight is 525 g/mol. The second-order valence-electron chi connectivity index (χ2n) is 10.3. The summed E-state index contributed by atoms with van der Waals surface area (Å²) in [5.41, 5.74) is 2.66. The molecule has 0 radical (unpaired) electrons. The number of likely N-dealkylation sites (tertiary alicyclic amines) is 2. The van der Waals surface area contributed by atoms with Crippen molar-refractivity contribution >= 4 is 29.1 Å². The number of halogens is 1. The lowest BCUT2D eigenvalue weighted by Crippen LogP contribution is -2.45. The van der Waals surface area contributed by atoms with Crippen LogP contribution < -0.4 is 15.0 Å². The van der Waals surface area contributed by atoms with E-state index in [2.05, 4.69) is 15.1 Å². The van der Waals surface area contributed by atoms with Gasteiger partial charge in [0.2, 0.25) is 0 Å². The predicted molar refractivity (Wildman–Crippen MR) is 147 cm³/mol. The Kier molecular flexibility index (Phi) is 8.64. The molecule has 2 fully saturated rings. The number of ether oxygens (including phenoxy) is 1. The number of carbonyl (C=O) groups excluding carboxylic acids is 2. The van der Waals surface area contributed by atoms with Gasteiger partial charge in [0.25, 0.3) is 11.8 Å². The summed E-state index contributed by atoms with van der Waals surface area (Å²) in [7, 11) is 0. The number of amides is 2. The zero-order chi connectivity index (χ0) is 25.6. The molecule has 0 spiro atoms. The third kappa shape index (κ3) is 6.46. The Morgan fingerprint density at radius 1 is 0.946 bits per heavy atom. The van der Waals surface area contributed by atoms with Crippen LogP contribution in [0.5, 0.6) is 5.75 Å². The summed E-state index contributed by atoms with van der Waals surface area (Å²) in [6, 6.07) is 13.5. The lowest BCUT2D eigenvalue weighted by atomic mass is 9.86. The van der Waals surface area contributed by atoms with Crippen LogP contribution in [0.25, 0.3) is 0 Å². The first-order valence-electron chi connectivity index (χ1n) is 13.6. The molecule has 0 unspecified atom stereocenters. The van der Waals surface area contributed by atoms with Gasteiger partial charge >= 0.3 is 0 Å². The number of hydrogen-bond donors (Lipinski definition) is 1. The predicted octanol–water partition coefficient (Wildman–Crippen LogP) is 4.16. The van der Waals surface area contributed by atoms with Crippen LogP contribution in [0, 0.1) is 0 Å². The van der Waals surface area contributed by atoms with Gasteiger partial charge in [-0.1, -0.05) is 36.2 Å². The highest BCUT2D eigenvalue weighted by Crippen LogP contribution is 2.33. The zero-order valence-electron chi connectivity index (χ0n) is 21.5. The molecule has 0 bridgehead atoms. The van der Waals surface area contributed by atoms with E-state index in [-0.39, 0.29) is 18.4 Å². The topological polar surface area (TPSA) is 65.1 Å². The molecule has 0 saturated carbocycles. The van der Waals surface area contributed by atoms with E-state index < -0.39 is 0 Å². The molecule has 5 rings (SSSR count). The second kappa shape index (κ2) is 12.3. The maximum atomic E-state index is 13.1. The molecule has 1 N–H and O–H groups in total. The Bertz CT molecular complexity index is 1100. The van der Waals surface area contributed by atoms with Gasteiger partial charge in [-0.3, -0.25) is 9.59 Å². The SMILES string of the molecule is O=C(NCCN1CCCCC1)c1cc(Cl)ccc1C1CCN(CCN2C(=O)COc3ccccc32)CC1. The van der Waals surface area contributed by atoms with Crippen molar-refractivity contribution in [3.8, 4) is 5.75 Å². The number of benzene rings is 2. The van der Waals surface area contributed by atoms with Crippen molar-refractivity contribution in [2.45, 2.75) is 38.0 Å². The Morgan fingerprint density at radius 3 is 2.51 bits per heavy atom. The molecule has 0 aromatic heterocycles. The Morgan fingerprint density at radius 2 is 1.70 bits per heavy atom. The van der Waals surface area contributed by atoms with Crippen LogP contribution in [0.15, 0.2) is 42.5 Å². The van der Waals surface area contributed by atoms with Gasteiger partial charge in [0.15, 0.2) is 6.61 Å². The van der Waals surface area contributed by atoms with E-state index in [1.165, 1.54) is 19.3 Å². The minimum absolute atomic E-state index is 0.00527. The van der Waals surface area contributed by atoms with Gasteiger partial charge in [-0.2, -0.15) is 0 Å². The quantitative estimate of drug-likeness (QED) is 0.562. The number of anilines is 1. The molecule has 3 aliphatic rings. The highest BCUT2D eigenvalue weighted by atomic mass is 35.5. The third-order valence-corrected chi connectivity index (χ3v) is 8.13. The van der Waals surface area contributed by atoms with Gasteiger partial charge in [-0.25, -0.2) is 0 Å². The number of fused-ring (bicyclic) bond motifs is 1. The molecule has 3 aliphatic heterocycles. The summed E-state index contributed by atoms with van der Waals surface area (Å²) in [6.07, 6.45) is 5.77. The van der Waals surface area contributed by atoms with E-state index >= 15 is 0 Å². The van der Waals surface area contributed by atoms with E-state index in [9.17, 15) is 9.59 Å². The van der Waals surface area contributed by atoms with Crippen molar-refractivity contribution in [2.24, 2.45) is 0 Å². The third-order valence-electron chi connectivity index (χ3n) is 7.90. The fraction of sp³-hybridized carbons (Fsp3) is 0.517. The van der Waals surface area contributed by atoms with Crippen LogP contribution in [0.3, 0.4) is 0 Å². The monoisotopic (exact) mass is 524 g/mol. The van der Waals surface area contributed by atoms with Crippen LogP contribution in [-0.2, 0) is 4.79 Å². The van der Waals surface area contributed by atoms with Crippen molar-refractivity contribution in [1.82, 2.24) is 15.1 Å². The van der Waals surface area contributed by atoms with Crippen LogP contribution >= 0.6 is 11.6 Å². The number of carbonyl (C=O) groups is 2. The van der Waals surface area contributed by atoms with Gasteiger partial charge in [0.1, 0.15) is 5.75 Å². The number of hydrogen-bond acceptors (Lipinski definition) is 5. The molecule has 37 heavy (non-hydrogen) atoms. The Balaban J connectivity index is 1.15. The molecule has 2 saturated heterocycles. The van der Waals surface area contributed by atoms with E-state index in [1.54, 1.807) is 0 Å². The van der Waals surface area contributed by atoms with Gasteiger partial charge in [-0.05, 0) is 87.6 Å². The van der Waals surface area contributed by atoms with Crippen molar-refractivity contribution in [3.63, 3.8) is 0 Å². The summed E-state index contributed by atoms with van der Waals surface area (Å²) in [4.78, 5) is 32.3. The first-order chi connectivity index (χ1) is 18.1. The summed E-state index contributed by atoms with van der Waals surface area (Å²) in [6.45, 7) is 7.24. The standard InChI is InChI=1S/C29H37ClN4O3/c30-23-8-9-24(25(20-23)29(36)31-12-17-32-13-4-1-5-14-32)22-10-15-33(16-11-22)18-19-34-26-6-2-3-7-27(26)37-21-28(34)35/h2-3,6-9,20,22H,1,4-5,10-19,21H2,(H,31,36). The molecule has 3 heterocycles.